The van der Waals surface area contributed by atoms with Crippen molar-refractivity contribution in [3.05, 3.63) is 53.6 Å². The quantitative estimate of drug-likeness (QED) is 0.309. The van der Waals surface area contributed by atoms with Gasteiger partial charge in [-0.25, -0.2) is 0 Å². The van der Waals surface area contributed by atoms with Crippen molar-refractivity contribution in [3.63, 3.8) is 0 Å². The van der Waals surface area contributed by atoms with Gasteiger partial charge in [0.1, 0.15) is 0 Å². The van der Waals surface area contributed by atoms with E-state index in [-0.39, 0.29) is 0 Å². The summed E-state index contributed by atoms with van der Waals surface area (Å²) < 4.78 is 1.42. The summed E-state index contributed by atoms with van der Waals surface area (Å²) in [6.45, 7) is 0. The van der Waals surface area contributed by atoms with Gasteiger partial charge in [0.05, 0.1) is 0 Å². The van der Waals surface area contributed by atoms with Crippen LogP contribution in [-0.4, -0.2) is 19.5 Å². The molecule has 88 valence electrons. The summed E-state index contributed by atoms with van der Waals surface area (Å²) >= 11 is 0.403. The summed E-state index contributed by atoms with van der Waals surface area (Å²) in [6.07, 6.45) is 0. The van der Waals surface area contributed by atoms with Crippen LogP contribution in [0, 0.1) is 0 Å². The van der Waals surface area contributed by atoms with Crippen LogP contribution < -0.4 is 0 Å². The number of rotatable bonds is 0. The van der Waals surface area contributed by atoms with Crippen molar-refractivity contribution in [1.82, 2.24) is 4.98 Å². The van der Waals surface area contributed by atoms with Gasteiger partial charge < -0.3 is 0 Å². The molecule has 0 unspecified atom stereocenters. The molecule has 0 radical (unpaired) electrons. The Balaban J connectivity index is 2.27. The summed E-state index contributed by atoms with van der Waals surface area (Å²) in [5.74, 6) is 0. The van der Waals surface area contributed by atoms with E-state index in [2.05, 4.69) is 58.6 Å². The fraction of sp³-hybridized carbons (Fsp3) is 0. The molecule has 0 saturated heterocycles. The molecule has 4 aromatic carbocycles. The minimum atomic E-state index is 0.403. The maximum atomic E-state index is 4.61. The Bertz CT molecular complexity index is 1040. The Morgan fingerprint density at radius 3 is 2.47 bits per heavy atom. The predicted molar refractivity (Wildman–Crippen MR) is 82.4 cm³/mol. The molecule has 0 amide bonds. The molecule has 0 bridgehead atoms. The van der Waals surface area contributed by atoms with Crippen LogP contribution in [0.15, 0.2) is 53.6 Å². The fourth-order valence-electron chi connectivity index (χ4n) is 3.13. The number of benzene rings is 4. The molecule has 0 atom stereocenters. The summed E-state index contributed by atoms with van der Waals surface area (Å²) in [7, 11) is 0. The molecule has 0 fully saturated rings. The Morgan fingerprint density at radius 2 is 1.58 bits per heavy atom. The topological polar surface area (TPSA) is 12.9 Å². The molecule has 0 N–H and O–H groups in total. The number of fused-ring (bicyclic) bond motifs is 2. The van der Waals surface area contributed by atoms with Gasteiger partial charge in [0, 0.05) is 0 Å². The van der Waals surface area contributed by atoms with E-state index < -0.39 is 0 Å². The molecular formula is C17H9NSe. The molecule has 1 aromatic heterocycles. The van der Waals surface area contributed by atoms with Crippen molar-refractivity contribution >= 4 is 56.6 Å². The molecule has 0 saturated carbocycles. The van der Waals surface area contributed by atoms with E-state index in [4.69, 9.17) is 0 Å². The Morgan fingerprint density at radius 1 is 0.789 bits per heavy atom. The average molecular weight is 306 g/mol. The third-order valence-corrected chi connectivity index (χ3v) is 5.57. The van der Waals surface area contributed by atoms with Crippen LogP contribution in [0.3, 0.4) is 0 Å². The third-order valence-electron chi connectivity index (χ3n) is 3.95. The second kappa shape index (κ2) is 3.35. The average Bonchev–Trinajstić information content (AvgIpc) is 2.92. The Labute approximate surface area is 115 Å². The summed E-state index contributed by atoms with van der Waals surface area (Å²) in [6, 6.07) is 17.8. The van der Waals surface area contributed by atoms with Crippen molar-refractivity contribution in [2.45, 2.75) is 0 Å². The molecule has 5 aromatic rings. The van der Waals surface area contributed by atoms with Gasteiger partial charge in [0.25, 0.3) is 0 Å². The van der Waals surface area contributed by atoms with Gasteiger partial charge in [0.15, 0.2) is 0 Å². The van der Waals surface area contributed by atoms with Gasteiger partial charge in [-0.3, -0.25) is 0 Å². The molecule has 2 heteroatoms. The molecule has 0 spiro atoms. The van der Waals surface area contributed by atoms with Crippen molar-refractivity contribution in [2.75, 3.05) is 0 Å². The zero-order valence-corrected chi connectivity index (χ0v) is 11.8. The number of hydrogen-bond donors (Lipinski definition) is 0. The molecule has 0 aliphatic carbocycles. The number of nitrogens with zero attached hydrogens (tertiary/aromatic N) is 1. The summed E-state index contributed by atoms with van der Waals surface area (Å²) in [5, 5.41) is 10.2. The van der Waals surface area contributed by atoms with Crippen LogP contribution >= 0.6 is 0 Å². The molecule has 1 heterocycles. The number of hydrogen-bond acceptors (Lipinski definition) is 1. The van der Waals surface area contributed by atoms with Crippen LogP contribution in [0.1, 0.15) is 0 Å². The first-order valence-corrected chi connectivity index (χ1v) is 8.16. The van der Waals surface area contributed by atoms with Gasteiger partial charge in [0.2, 0.25) is 0 Å². The van der Waals surface area contributed by atoms with Gasteiger partial charge in [-0.15, -0.1) is 0 Å². The van der Waals surface area contributed by atoms with Crippen LogP contribution in [0.25, 0.3) is 42.1 Å². The van der Waals surface area contributed by atoms with Crippen molar-refractivity contribution in [1.29, 1.82) is 0 Å². The Hall–Kier alpha value is -1.89. The second-order valence-corrected chi connectivity index (χ2v) is 6.79. The summed E-state index contributed by atoms with van der Waals surface area (Å²) in [5.41, 5.74) is 1.20. The maximum absolute atomic E-state index is 4.61. The summed E-state index contributed by atoms with van der Waals surface area (Å²) in [4.78, 5) is 4.61. The van der Waals surface area contributed by atoms with Crippen molar-refractivity contribution in [2.24, 2.45) is 0 Å². The third kappa shape index (κ3) is 1.18. The zero-order chi connectivity index (χ0) is 12.4. The Kier molecular flexibility index (Phi) is 1.76. The van der Waals surface area contributed by atoms with Gasteiger partial charge in [-0.05, 0) is 0 Å². The SMILES string of the molecule is c1cc2ccc3cc4[se]cnc4c4ccc(c1)c2c34. The van der Waals surface area contributed by atoms with Crippen LogP contribution in [0.2, 0.25) is 0 Å². The van der Waals surface area contributed by atoms with E-state index in [1.165, 1.54) is 42.1 Å². The zero-order valence-electron chi connectivity index (χ0n) is 10.1. The van der Waals surface area contributed by atoms with Gasteiger partial charge in [-0.2, -0.15) is 0 Å². The minimum absolute atomic E-state index is 0.403. The molecule has 19 heavy (non-hydrogen) atoms. The number of aromatic nitrogens is 1. The normalized spacial score (nSPS) is 12.2. The van der Waals surface area contributed by atoms with Gasteiger partial charge >= 0.3 is 115 Å². The van der Waals surface area contributed by atoms with Crippen LogP contribution in [0.5, 0.6) is 0 Å². The van der Waals surface area contributed by atoms with Gasteiger partial charge in [-0.1, -0.05) is 0 Å². The fourth-order valence-corrected chi connectivity index (χ4v) is 4.68. The van der Waals surface area contributed by atoms with E-state index in [0.29, 0.717) is 14.5 Å². The monoisotopic (exact) mass is 307 g/mol. The van der Waals surface area contributed by atoms with E-state index in [0.717, 1.165) is 0 Å². The second-order valence-electron chi connectivity index (χ2n) is 4.93. The van der Waals surface area contributed by atoms with E-state index >= 15 is 0 Å². The molecule has 1 nitrogen and oxygen atoms in total. The first-order chi connectivity index (χ1) is 9.42. The first-order valence-electron chi connectivity index (χ1n) is 6.31. The molecular weight excluding hydrogens is 297 g/mol. The predicted octanol–water partition coefficient (Wildman–Crippen LogP) is 4.19. The first kappa shape index (κ1) is 9.96. The van der Waals surface area contributed by atoms with Crippen molar-refractivity contribution < 1.29 is 0 Å². The standard InChI is InChI=1S/C17H9NSe/c1-2-10-4-5-12-8-14-17(18-9-19-14)13-7-6-11(3-1)15(10)16(12)13/h1-9H. The van der Waals surface area contributed by atoms with E-state index in [1.807, 2.05) is 0 Å². The molecule has 0 aliphatic rings. The van der Waals surface area contributed by atoms with E-state index in [1.54, 1.807) is 0 Å². The van der Waals surface area contributed by atoms with Crippen LogP contribution in [0.4, 0.5) is 0 Å². The van der Waals surface area contributed by atoms with Crippen LogP contribution in [-0.2, 0) is 0 Å². The van der Waals surface area contributed by atoms with E-state index in [9.17, 15) is 0 Å². The van der Waals surface area contributed by atoms with Crippen molar-refractivity contribution in [3.8, 4) is 0 Å². The molecule has 5 rings (SSSR count). The molecule has 0 aliphatic heterocycles.